The molecule has 1 unspecified atom stereocenters. The maximum Gasteiger partial charge on any atom is 0.238 e. The van der Waals surface area contributed by atoms with E-state index in [0.717, 1.165) is 35.0 Å². The highest BCUT2D eigenvalue weighted by Gasteiger charge is 2.53. The number of aliphatic hydroxyl groups excluding tert-OH is 3. The third-order valence-electron chi connectivity index (χ3n) is 7.23. The first-order valence-electron chi connectivity index (χ1n) is 13.0. The molecule has 222 valence electrons. The molecule has 4 N–H and O–H groups in total. The molecule has 1 aliphatic carbocycles. The summed E-state index contributed by atoms with van der Waals surface area (Å²) in [5.74, 6) is -4.82. The fourth-order valence-electron chi connectivity index (χ4n) is 5.09. The molecule has 1 saturated carbocycles. The molecule has 10 nitrogen and oxygen atoms in total. The SMILES string of the molecule is CN(CC(C)(C)C)C(=O)C(S[C@@H]1O[C@H](CO)[C@H](O)[C@H](n2cc(-c3cc(F)c(F)c(F)c3)nn2)[C@H]1O)C1(O)CCC1. The van der Waals surface area contributed by atoms with Gasteiger partial charge in [0.25, 0.3) is 0 Å². The van der Waals surface area contributed by atoms with Crippen LogP contribution in [0.4, 0.5) is 13.2 Å². The number of carbonyl (C=O) groups is 1. The second-order valence-electron chi connectivity index (χ2n) is 11.8. The third-order valence-corrected chi connectivity index (χ3v) is 8.80. The number of hydrogen-bond donors (Lipinski definition) is 4. The van der Waals surface area contributed by atoms with Gasteiger partial charge < -0.3 is 30.1 Å². The summed E-state index contributed by atoms with van der Waals surface area (Å²) in [5.41, 5.74) is -2.90. The van der Waals surface area contributed by atoms with Crippen LogP contribution in [0.2, 0.25) is 0 Å². The molecule has 1 saturated heterocycles. The van der Waals surface area contributed by atoms with Gasteiger partial charge in [-0.2, -0.15) is 0 Å². The van der Waals surface area contributed by atoms with Gasteiger partial charge in [-0.25, -0.2) is 17.9 Å². The molecule has 2 aliphatic rings. The summed E-state index contributed by atoms with van der Waals surface area (Å²) in [6.07, 6.45) is -1.49. The van der Waals surface area contributed by atoms with Crippen molar-refractivity contribution in [2.75, 3.05) is 20.2 Å². The topological polar surface area (TPSA) is 141 Å². The van der Waals surface area contributed by atoms with Crippen molar-refractivity contribution in [2.45, 2.75) is 80.7 Å². The van der Waals surface area contributed by atoms with E-state index in [2.05, 4.69) is 10.3 Å². The summed E-state index contributed by atoms with van der Waals surface area (Å²) in [6, 6.07) is 0.226. The Bertz CT molecular complexity index is 1200. The molecular weight excluding hydrogens is 553 g/mol. The van der Waals surface area contributed by atoms with Crippen LogP contribution in [0.15, 0.2) is 18.3 Å². The van der Waals surface area contributed by atoms with E-state index >= 15 is 0 Å². The molecule has 0 spiro atoms. The number of ether oxygens (including phenoxy) is 1. The monoisotopic (exact) mass is 588 g/mol. The fourth-order valence-corrected chi connectivity index (χ4v) is 6.67. The van der Waals surface area contributed by atoms with Gasteiger partial charge in [-0.15, -0.1) is 16.9 Å². The van der Waals surface area contributed by atoms with Crippen LogP contribution >= 0.6 is 11.8 Å². The van der Waals surface area contributed by atoms with Crippen LogP contribution in [0.25, 0.3) is 11.3 Å². The van der Waals surface area contributed by atoms with Crippen LogP contribution < -0.4 is 0 Å². The molecule has 1 aromatic heterocycles. The van der Waals surface area contributed by atoms with Crippen molar-refractivity contribution in [3.8, 4) is 11.3 Å². The maximum absolute atomic E-state index is 13.8. The zero-order chi connectivity index (χ0) is 29.6. The van der Waals surface area contributed by atoms with Crippen molar-refractivity contribution in [3.05, 3.63) is 35.8 Å². The summed E-state index contributed by atoms with van der Waals surface area (Å²) < 4.78 is 47.8. The number of benzene rings is 1. The molecule has 0 bridgehead atoms. The smallest absolute Gasteiger partial charge is 0.238 e. The largest absolute Gasteiger partial charge is 0.394 e. The highest BCUT2D eigenvalue weighted by Crippen LogP contribution is 2.45. The van der Waals surface area contributed by atoms with Gasteiger partial charge in [-0.05, 0) is 36.8 Å². The molecule has 2 fully saturated rings. The van der Waals surface area contributed by atoms with E-state index in [1.54, 1.807) is 7.05 Å². The van der Waals surface area contributed by atoms with Crippen molar-refractivity contribution in [2.24, 2.45) is 5.41 Å². The number of nitrogens with zero attached hydrogens (tertiary/aromatic N) is 4. The molecule has 2 aromatic rings. The number of amides is 1. The Kier molecular flexibility index (Phi) is 8.89. The molecule has 4 rings (SSSR count). The van der Waals surface area contributed by atoms with Crippen molar-refractivity contribution >= 4 is 17.7 Å². The first-order chi connectivity index (χ1) is 18.6. The molecule has 6 atom stereocenters. The molecule has 0 radical (unpaired) electrons. The van der Waals surface area contributed by atoms with E-state index in [0.29, 0.717) is 19.4 Å². The molecular formula is C26H35F3N4O6S. The van der Waals surface area contributed by atoms with Crippen molar-refractivity contribution in [1.29, 1.82) is 0 Å². The van der Waals surface area contributed by atoms with E-state index < -0.39 is 64.7 Å². The van der Waals surface area contributed by atoms with Crippen LogP contribution in [0.1, 0.15) is 46.1 Å². The Morgan fingerprint density at radius 3 is 2.38 bits per heavy atom. The van der Waals surface area contributed by atoms with Crippen molar-refractivity contribution < 1.29 is 43.1 Å². The summed E-state index contributed by atoms with van der Waals surface area (Å²) in [4.78, 5) is 15.1. The Morgan fingerprint density at radius 1 is 1.23 bits per heavy atom. The fraction of sp³-hybridized carbons (Fsp3) is 0.654. The first kappa shape index (κ1) is 30.7. The zero-order valence-electron chi connectivity index (χ0n) is 22.7. The van der Waals surface area contributed by atoms with Gasteiger partial charge in [-0.3, -0.25) is 4.79 Å². The number of halogens is 3. The normalized spacial score (nSPS) is 27.2. The van der Waals surface area contributed by atoms with Gasteiger partial charge in [0.05, 0.1) is 18.4 Å². The molecule has 40 heavy (non-hydrogen) atoms. The number of rotatable bonds is 8. The average Bonchev–Trinajstić information content (AvgIpc) is 3.33. The van der Waals surface area contributed by atoms with Crippen LogP contribution in [0.3, 0.4) is 0 Å². The maximum atomic E-state index is 13.8. The van der Waals surface area contributed by atoms with E-state index in [1.807, 2.05) is 20.8 Å². The Labute approximate surface area is 234 Å². The van der Waals surface area contributed by atoms with Gasteiger partial charge in [0.1, 0.15) is 40.7 Å². The minimum atomic E-state index is -1.64. The van der Waals surface area contributed by atoms with Gasteiger partial charge in [-0.1, -0.05) is 26.0 Å². The van der Waals surface area contributed by atoms with Crippen LogP contribution in [0.5, 0.6) is 0 Å². The van der Waals surface area contributed by atoms with Gasteiger partial charge in [0, 0.05) is 19.2 Å². The number of aliphatic hydroxyl groups is 4. The van der Waals surface area contributed by atoms with E-state index in [4.69, 9.17) is 4.74 Å². The predicted molar refractivity (Wildman–Crippen MR) is 139 cm³/mol. The van der Waals surface area contributed by atoms with E-state index in [1.165, 1.54) is 11.1 Å². The molecule has 1 aromatic carbocycles. The summed E-state index contributed by atoms with van der Waals surface area (Å²) in [6.45, 7) is 5.71. The second-order valence-corrected chi connectivity index (χ2v) is 13.0. The number of aromatic nitrogens is 3. The number of hydrogen-bond acceptors (Lipinski definition) is 9. The number of carbonyl (C=O) groups excluding carboxylic acids is 1. The molecule has 2 heterocycles. The quantitative estimate of drug-likeness (QED) is 0.340. The van der Waals surface area contributed by atoms with Crippen LogP contribution in [0, 0.1) is 22.9 Å². The lowest BCUT2D eigenvalue weighted by Crippen LogP contribution is -2.59. The summed E-state index contributed by atoms with van der Waals surface area (Å²) in [5, 5.41) is 50.1. The van der Waals surface area contributed by atoms with E-state index in [-0.39, 0.29) is 22.6 Å². The summed E-state index contributed by atoms with van der Waals surface area (Å²) in [7, 11) is 1.64. The molecule has 1 amide bonds. The number of thioether (sulfide) groups is 1. The highest BCUT2D eigenvalue weighted by atomic mass is 32.2. The Morgan fingerprint density at radius 2 is 1.85 bits per heavy atom. The summed E-state index contributed by atoms with van der Waals surface area (Å²) >= 11 is 0.909. The lowest BCUT2D eigenvalue weighted by molar-refractivity contribution is -0.179. The minimum absolute atomic E-state index is 0.0610. The Balaban J connectivity index is 1.62. The zero-order valence-corrected chi connectivity index (χ0v) is 23.5. The average molecular weight is 589 g/mol. The van der Waals surface area contributed by atoms with Crippen molar-refractivity contribution in [3.63, 3.8) is 0 Å². The predicted octanol–water partition coefficient (Wildman–Crippen LogP) is 1.86. The lowest BCUT2D eigenvalue weighted by atomic mass is 9.77. The minimum Gasteiger partial charge on any atom is -0.394 e. The Hall–Kier alpha value is -2.23. The molecule has 1 aliphatic heterocycles. The van der Waals surface area contributed by atoms with Crippen LogP contribution in [-0.2, 0) is 9.53 Å². The standard InChI is InChI=1S/C26H35F3N4O6S/c1-25(2,3)12-32(4)23(37)22(26(38)6-5-7-26)40-24-21(36)19(20(35)17(11-34)39-24)33-10-16(30-31-33)13-8-14(27)18(29)15(28)9-13/h8-10,17,19-22,24,34-36,38H,5-7,11-12H2,1-4H3/t17-,19+,20+,21-,22?,24+/m1/s1. The van der Waals surface area contributed by atoms with Crippen LogP contribution in [-0.4, -0.2) is 101 Å². The second kappa shape index (κ2) is 11.6. The first-order valence-corrected chi connectivity index (χ1v) is 13.9. The highest BCUT2D eigenvalue weighted by molar-refractivity contribution is 8.01. The van der Waals surface area contributed by atoms with E-state index in [9.17, 15) is 38.4 Å². The third kappa shape index (κ3) is 6.16. The van der Waals surface area contributed by atoms with Gasteiger partial charge >= 0.3 is 0 Å². The van der Waals surface area contributed by atoms with Gasteiger partial charge in [0.2, 0.25) is 5.91 Å². The molecule has 14 heteroatoms. The van der Waals surface area contributed by atoms with Crippen molar-refractivity contribution in [1.82, 2.24) is 19.9 Å². The lowest BCUT2D eigenvalue weighted by Gasteiger charge is -2.47. The van der Waals surface area contributed by atoms with Gasteiger partial charge in [0.15, 0.2) is 17.5 Å².